The molecule has 0 radical (unpaired) electrons. The lowest BCUT2D eigenvalue weighted by atomic mass is 10.1. The minimum absolute atomic E-state index is 0.105. The summed E-state index contributed by atoms with van der Waals surface area (Å²) >= 11 is 0. The molecule has 22 heavy (non-hydrogen) atoms. The molecular formula is C14H17N3O4S. The first-order valence-corrected chi connectivity index (χ1v) is 8.42. The summed E-state index contributed by atoms with van der Waals surface area (Å²) in [4.78, 5) is 11.1. The number of rotatable bonds is 7. The first-order chi connectivity index (χ1) is 10.4. The van der Waals surface area contributed by atoms with Crippen molar-refractivity contribution in [3.05, 3.63) is 53.9 Å². The van der Waals surface area contributed by atoms with E-state index >= 15 is 0 Å². The number of amides is 1. The predicted molar refractivity (Wildman–Crippen MR) is 80.7 cm³/mol. The minimum Gasteiger partial charge on any atom is -0.390 e. The lowest BCUT2D eigenvalue weighted by molar-refractivity contribution is 0.1000. The zero-order valence-electron chi connectivity index (χ0n) is 11.8. The van der Waals surface area contributed by atoms with E-state index in [0.29, 0.717) is 5.56 Å². The molecular weight excluding hydrogens is 306 g/mol. The number of aliphatic hydroxyl groups excluding tert-OH is 1. The number of hydrogen-bond donors (Lipinski definition) is 2. The smallest absolute Gasteiger partial charge is 0.248 e. The standard InChI is InChI=1S/C14H17N3O4S/c15-14(19)12-4-1-3-11(7-12)9-22(20,21)10-13(18)8-17-6-2-5-16-17/h1-7,13,18H,8-10H2,(H2,15,19)/t13-/m1/s1. The molecule has 2 aromatic rings. The van der Waals surface area contributed by atoms with Gasteiger partial charge in [0.25, 0.3) is 0 Å². The second-order valence-corrected chi connectivity index (χ2v) is 7.11. The summed E-state index contributed by atoms with van der Waals surface area (Å²) < 4.78 is 25.7. The summed E-state index contributed by atoms with van der Waals surface area (Å²) in [6.45, 7) is 0.105. The average Bonchev–Trinajstić information content (AvgIpc) is 2.90. The largest absolute Gasteiger partial charge is 0.390 e. The van der Waals surface area contributed by atoms with E-state index < -0.39 is 21.8 Å². The van der Waals surface area contributed by atoms with Crippen molar-refractivity contribution >= 4 is 15.7 Å². The number of aromatic nitrogens is 2. The summed E-state index contributed by atoms with van der Waals surface area (Å²) in [5.41, 5.74) is 5.88. The topological polar surface area (TPSA) is 115 Å². The number of carbonyl (C=O) groups is 1. The number of nitrogens with two attached hydrogens (primary N) is 1. The molecule has 8 heteroatoms. The normalized spacial score (nSPS) is 13.0. The Morgan fingerprint density at radius 3 is 2.77 bits per heavy atom. The van der Waals surface area contributed by atoms with Gasteiger partial charge in [0.05, 0.1) is 24.2 Å². The Kier molecular flexibility index (Phi) is 4.94. The van der Waals surface area contributed by atoms with E-state index in [1.807, 2.05) is 0 Å². The van der Waals surface area contributed by atoms with Crippen LogP contribution in [0.3, 0.4) is 0 Å². The van der Waals surface area contributed by atoms with Crippen LogP contribution < -0.4 is 5.73 Å². The quantitative estimate of drug-likeness (QED) is 0.741. The molecule has 0 saturated heterocycles. The van der Waals surface area contributed by atoms with E-state index in [1.165, 1.54) is 16.8 Å². The Balaban J connectivity index is 2.01. The maximum absolute atomic E-state index is 12.1. The maximum atomic E-state index is 12.1. The number of sulfone groups is 1. The molecule has 7 nitrogen and oxygen atoms in total. The number of carbonyl (C=O) groups excluding carboxylic acids is 1. The Hall–Kier alpha value is -2.19. The highest BCUT2D eigenvalue weighted by atomic mass is 32.2. The third-order valence-corrected chi connectivity index (χ3v) is 4.67. The molecule has 3 N–H and O–H groups in total. The fraction of sp³-hybridized carbons (Fsp3) is 0.286. The van der Waals surface area contributed by atoms with Crippen LogP contribution in [0.5, 0.6) is 0 Å². The van der Waals surface area contributed by atoms with E-state index in [9.17, 15) is 18.3 Å². The zero-order valence-corrected chi connectivity index (χ0v) is 12.6. The van der Waals surface area contributed by atoms with Crippen LogP contribution in [-0.2, 0) is 22.1 Å². The molecule has 1 amide bonds. The third kappa shape index (κ3) is 4.68. The van der Waals surface area contributed by atoms with Gasteiger partial charge in [-0.3, -0.25) is 9.48 Å². The highest BCUT2D eigenvalue weighted by Crippen LogP contribution is 2.11. The molecule has 0 bridgehead atoms. The molecule has 118 valence electrons. The van der Waals surface area contributed by atoms with Gasteiger partial charge in [-0.25, -0.2) is 8.42 Å². The molecule has 0 fully saturated rings. The molecule has 1 aromatic heterocycles. The van der Waals surface area contributed by atoms with Crippen LogP contribution >= 0.6 is 0 Å². The number of aliphatic hydroxyl groups is 1. The fourth-order valence-electron chi connectivity index (χ4n) is 2.10. The second kappa shape index (κ2) is 6.71. The SMILES string of the molecule is NC(=O)c1cccc(CS(=O)(=O)C[C@H](O)Cn2cccn2)c1. The molecule has 0 aliphatic rings. The minimum atomic E-state index is -3.52. The second-order valence-electron chi connectivity index (χ2n) is 5.00. The molecule has 1 atom stereocenters. The van der Waals surface area contributed by atoms with Crippen LogP contribution in [0.15, 0.2) is 42.7 Å². The van der Waals surface area contributed by atoms with Crippen molar-refractivity contribution in [2.45, 2.75) is 18.4 Å². The van der Waals surface area contributed by atoms with Crippen LogP contribution in [0.1, 0.15) is 15.9 Å². The summed E-state index contributed by atoms with van der Waals surface area (Å²) in [5.74, 6) is -1.25. The van der Waals surface area contributed by atoms with Crippen LogP contribution in [0, 0.1) is 0 Å². The first kappa shape index (κ1) is 16.2. The van der Waals surface area contributed by atoms with Crippen molar-refractivity contribution in [2.75, 3.05) is 5.75 Å². The van der Waals surface area contributed by atoms with Gasteiger partial charge in [0.2, 0.25) is 5.91 Å². The number of hydrogen-bond acceptors (Lipinski definition) is 5. The number of primary amides is 1. The van der Waals surface area contributed by atoms with Crippen LogP contribution in [0.4, 0.5) is 0 Å². The van der Waals surface area contributed by atoms with Gasteiger partial charge in [-0.15, -0.1) is 0 Å². The molecule has 2 rings (SSSR count). The summed E-state index contributed by atoms with van der Waals surface area (Å²) in [5, 5.41) is 13.8. The van der Waals surface area contributed by atoms with Crippen LogP contribution in [0.2, 0.25) is 0 Å². The van der Waals surface area contributed by atoms with Gasteiger partial charge in [0.15, 0.2) is 9.84 Å². The van der Waals surface area contributed by atoms with Gasteiger partial charge in [-0.2, -0.15) is 5.10 Å². The number of nitrogens with zero attached hydrogens (tertiary/aromatic N) is 2. The summed E-state index contributed by atoms with van der Waals surface area (Å²) in [6.07, 6.45) is 2.15. The third-order valence-electron chi connectivity index (χ3n) is 3.00. The highest BCUT2D eigenvalue weighted by Gasteiger charge is 2.19. The molecule has 0 aliphatic heterocycles. The highest BCUT2D eigenvalue weighted by molar-refractivity contribution is 7.90. The monoisotopic (exact) mass is 323 g/mol. The van der Waals surface area contributed by atoms with Crippen LogP contribution in [0.25, 0.3) is 0 Å². The lowest BCUT2D eigenvalue weighted by Gasteiger charge is -2.11. The van der Waals surface area contributed by atoms with Crippen molar-refractivity contribution in [3.8, 4) is 0 Å². The Labute approximate surface area is 128 Å². The van der Waals surface area contributed by atoms with Gasteiger partial charge in [0.1, 0.15) is 0 Å². The summed E-state index contributed by atoms with van der Waals surface area (Å²) in [6, 6.07) is 7.83. The van der Waals surface area contributed by atoms with Gasteiger partial charge >= 0.3 is 0 Å². The van der Waals surface area contributed by atoms with E-state index in [1.54, 1.807) is 30.6 Å². The lowest BCUT2D eigenvalue weighted by Crippen LogP contribution is -2.26. The van der Waals surface area contributed by atoms with Crippen molar-refractivity contribution in [1.82, 2.24) is 9.78 Å². The van der Waals surface area contributed by atoms with Crippen molar-refractivity contribution in [2.24, 2.45) is 5.73 Å². The molecule has 0 unspecified atom stereocenters. The van der Waals surface area contributed by atoms with E-state index in [-0.39, 0.29) is 23.6 Å². The van der Waals surface area contributed by atoms with Crippen LogP contribution in [-0.4, -0.2) is 41.1 Å². The fourth-order valence-corrected chi connectivity index (χ4v) is 3.59. The molecule has 1 heterocycles. The Morgan fingerprint density at radius 2 is 2.14 bits per heavy atom. The molecule has 0 aliphatic carbocycles. The Morgan fingerprint density at radius 1 is 1.36 bits per heavy atom. The predicted octanol–water partition coefficient (Wildman–Crippen LogP) is -0.0421. The van der Waals surface area contributed by atoms with Crippen molar-refractivity contribution in [3.63, 3.8) is 0 Å². The van der Waals surface area contributed by atoms with Gasteiger partial charge < -0.3 is 10.8 Å². The van der Waals surface area contributed by atoms with E-state index in [2.05, 4.69) is 5.10 Å². The van der Waals surface area contributed by atoms with Gasteiger partial charge in [0, 0.05) is 18.0 Å². The molecule has 0 saturated carbocycles. The average molecular weight is 323 g/mol. The van der Waals surface area contributed by atoms with E-state index in [4.69, 9.17) is 5.73 Å². The van der Waals surface area contributed by atoms with Gasteiger partial charge in [-0.1, -0.05) is 12.1 Å². The maximum Gasteiger partial charge on any atom is 0.248 e. The zero-order chi connectivity index (χ0) is 16.2. The van der Waals surface area contributed by atoms with E-state index in [0.717, 1.165) is 0 Å². The van der Waals surface area contributed by atoms with Crippen molar-refractivity contribution < 1.29 is 18.3 Å². The summed E-state index contributed by atoms with van der Waals surface area (Å²) in [7, 11) is -3.52. The molecule has 0 spiro atoms. The van der Waals surface area contributed by atoms with Crippen molar-refractivity contribution in [1.29, 1.82) is 0 Å². The Bertz CT molecular complexity index is 741. The first-order valence-electron chi connectivity index (χ1n) is 6.60. The van der Waals surface area contributed by atoms with Gasteiger partial charge in [-0.05, 0) is 23.8 Å². The molecule has 1 aromatic carbocycles. The number of benzene rings is 1.